The third kappa shape index (κ3) is 7.75. The second kappa shape index (κ2) is 10.5. The Morgan fingerprint density at radius 3 is 1.43 bits per heavy atom. The minimum atomic E-state index is -0.122. The van der Waals surface area contributed by atoms with Crippen LogP contribution in [0.2, 0.25) is 0 Å². The molecule has 0 radical (unpaired) electrons. The van der Waals surface area contributed by atoms with Gasteiger partial charge in [0.2, 0.25) is 16.9 Å². The molecule has 0 aliphatic rings. The summed E-state index contributed by atoms with van der Waals surface area (Å²) in [6.07, 6.45) is 3.19. The zero-order valence-electron chi connectivity index (χ0n) is 15.4. The molecule has 28 heavy (non-hydrogen) atoms. The highest BCUT2D eigenvalue weighted by Crippen LogP contribution is 2.08. The summed E-state index contributed by atoms with van der Waals surface area (Å²) < 4.78 is 0. The number of hydrogen-bond acceptors (Lipinski definition) is 5. The molecule has 0 spiro atoms. The molecule has 0 bridgehead atoms. The normalized spacial score (nSPS) is 10.6. The Morgan fingerprint density at radius 2 is 1.11 bits per heavy atom. The summed E-state index contributed by atoms with van der Waals surface area (Å²) in [6, 6.07) is 14.4. The average molecular weight is 396 g/mol. The first-order chi connectivity index (χ1) is 13.4. The van der Waals surface area contributed by atoms with Crippen LogP contribution in [0, 0.1) is 0 Å². The van der Waals surface area contributed by atoms with E-state index in [2.05, 4.69) is 31.7 Å². The molecule has 9 heteroatoms. The van der Waals surface area contributed by atoms with Gasteiger partial charge in [-0.2, -0.15) is 10.2 Å². The van der Waals surface area contributed by atoms with Crippen molar-refractivity contribution in [2.24, 2.45) is 10.2 Å². The van der Waals surface area contributed by atoms with E-state index < -0.39 is 0 Å². The Labute approximate surface area is 168 Å². The van der Waals surface area contributed by atoms with E-state index in [1.807, 2.05) is 24.3 Å². The van der Waals surface area contributed by atoms with Gasteiger partial charge in [-0.25, -0.2) is 0 Å². The first-order valence-electron chi connectivity index (χ1n) is 8.30. The second-order valence-electron chi connectivity index (χ2n) is 5.68. The van der Waals surface area contributed by atoms with Crippen LogP contribution >= 0.6 is 12.2 Å². The van der Waals surface area contributed by atoms with Gasteiger partial charge in [-0.05, 0) is 47.6 Å². The van der Waals surface area contributed by atoms with Crippen LogP contribution in [-0.4, -0.2) is 29.4 Å². The van der Waals surface area contributed by atoms with E-state index in [-0.39, 0.29) is 16.9 Å². The van der Waals surface area contributed by atoms with E-state index in [0.29, 0.717) is 11.4 Å². The minimum absolute atomic E-state index is 0.122. The molecule has 0 aliphatic heterocycles. The Balaban J connectivity index is 1.77. The molecular weight excluding hydrogens is 376 g/mol. The zero-order valence-corrected chi connectivity index (χ0v) is 16.2. The lowest BCUT2D eigenvalue weighted by Gasteiger charge is -2.03. The number of anilines is 2. The lowest BCUT2D eigenvalue weighted by Crippen LogP contribution is -2.28. The zero-order chi connectivity index (χ0) is 20.4. The van der Waals surface area contributed by atoms with Crippen molar-refractivity contribution in [1.29, 1.82) is 0 Å². The maximum atomic E-state index is 11.0. The SMILES string of the molecule is CC(=O)Nc1ccc(C=NNC(=S)NN=Cc2ccc(NC(C)=O)cc2)cc1. The van der Waals surface area contributed by atoms with Gasteiger partial charge in [0.15, 0.2) is 0 Å². The number of carbonyl (C=O) groups is 2. The van der Waals surface area contributed by atoms with Gasteiger partial charge < -0.3 is 10.6 Å². The van der Waals surface area contributed by atoms with Crippen molar-refractivity contribution in [2.75, 3.05) is 10.6 Å². The van der Waals surface area contributed by atoms with E-state index in [0.717, 1.165) is 11.1 Å². The highest BCUT2D eigenvalue weighted by atomic mass is 32.1. The van der Waals surface area contributed by atoms with Crippen molar-refractivity contribution >= 4 is 52.9 Å². The third-order valence-corrected chi connectivity index (χ3v) is 3.40. The first-order valence-corrected chi connectivity index (χ1v) is 8.70. The van der Waals surface area contributed by atoms with E-state index in [1.54, 1.807) is 36.7 Å². The molecule has 0 fully saturated rings. The number of amides is 2. The number of nitrogens with one attached hydrogen (secondary N) is 4. The molecule has 0 atom stereocenters. The van der Waals surface area contributed by atoms with Gasteiger partial charge in [-0.1, -0.05) is 24.3 Å². The Hall–Kier alpha value is -3.59. The molecule has 0 aromatic heterocycles. The van der Waals surface area contributed by atoms with Crippen LogP contribution in [0.25, 0.3) is 0 Å². The second-order valence-corrected chi connectivity index (χ2v) is 6.08. The van der Waals surface area contributed by atoms with Gasteiger partial charge in [0.05, 0.1) is 12.4 Å². The van der Waals surface area contributed by atoms with Crippen molar-refractivity contribution in [1.82, 2.24) is 10.9 Å². The van der Waals surface area contributed by atoms with E-state index in [9.17, 15) is 9.59 Å². The number of rotatable bonds is 6. The van der Waals surface area contributed by atoms with Gasteiger partial charge in [0.25, 0.3) is 0 Å². The van der Waals surface area contributed by atoms with E-state index in [4.69, 9.17) is 12.2 Å². The molecule has 144 valence electrons. The smallest absolute Gasteiger partial charge is 0.221 e. The van der Waals surface area contributed by atoms with Gasteiger partial charge in [0.1, 0.15) is 0 Å². The Bertz CT molecular complexity index is 818. The molecule has 0 saturated heterocycles. The number of benzene rings is 2. The van der Waals surface area contributed by atoms with Crippen LogP contribution in [0.1, 0.15) is 25.0 Å². The molecule has 8 nitrogen and oxygen atoms in total. The largest absolute Gasteiger partial charge is 0.326 e. The van der Waals surface area contributed by atoms with Crippen molar-refractivity contribution in [3.63, 3.8) is 0 Å². The number of hydrogen-bond donors (Lipinski definition) is 4. The van der Waals surface area contributed by atoms with Crippen molar-refractivity contribution in [2.45, 2.75) is 13.8 Å². The van der Waals surface area contributed by atoms with Gasteiger partial charge in [-0.15, -0.1) is 0 Å². The van der Waals surface area contributed by atoms with Gasteiger partial charge in [-0.3, -0.25) is 20.4 Å². The molecule has 4 N–H and O–H groups in total. The fraction of sp³-hybridized carbons (Fsp3) is 0.105. The fourth-order valence-corrected chi connectivity index (χ4v) is 2.17. The molecule has 2 rings (SSSR count). The molecule has 0 aliphatic carbocycles. The van der Waals surface area contributed by atoms with Crippen LogP contribution in [0.3, 0.4) is 0 Å². The quantitative estimate of drug-likeness (QED) is 0.341. The van der Waals surface area contributed by atoms with E-state index >= 15 is 0 Å². The number of carbonyl (C=O) groups excluding carboxylic acids is 2. The van der Waals surface area contributed by atoms with Gasteiger partial charge in [0, 0.05) is 25.2 Å². The van der Waals surface area contributed by atoms with Crippen LogP contribution in [0.15, 0.2) is 58.7 Å². The van der Waals surface area contributed by atoms with Crippen molar-refractivity contribution in [3.8, 4) is 0 Å². The van der Waals surface area contributed by atoms with E-state index in [1.165, 1.54) is 13.8 Å². The Morgan fingerprint density at radius 1 is 0.750 bits per heavy atom. The van der Waals surface area contributed by atoms with Crippen LogP contribution < -0.4 is 21.5 Å². The lowest BCUT2D eigenvalue weighted by atomic mass is 10.2. The maximum Gasteiger partial charge on any atom is 0.221 e. The van der Waals surface area contributed by atoms with Gasteiger partial charge >= 0.3 is 0 Å². The maximum absolute atomic E-state index is 11.0. The van der Waals surface area contributed by atoms with Crippen molar-refractivity contribution in [3.05, 3.63) is 59.7 Å². The molecule has 2 amide bonds. The summed E-state index contributed by atoms with van der Waals surface area (Å²) >= 11 is 5.08. The number of hydrazone groups is 2. The van der Waals surface area contributed by atoms with Crippen LogP contribution in [-0.2, 0) is 9.59 Å². The van der Waals surface area contributed by atoms with Crippen LogP contribution in [0.5, 0.6) is 0 Å². The lowest BCUT2D eigenvalue weighted by molar-refractivity contribution is -0.115. The average Bonchev–Trinajstić information content (AvgIpc) is 2.64. The predicted octanol–water partition coefficient (Wildman–Crippen LogP) is 2.44. The highest BCUT2D eigenvalue weighted by Gasteiger charge is 1.96. The van der Waals surface area contributed by atoms with Crippen molar-refractivity contribution < 1.29 is 9.59 Å². The fourth-order valence-electron chi connectivity index (χ4n) is 2.07. The molecule has 2 aromatic carbocycles. The summed E-state index contributed by atoms with van der Waals surface area (Å²) in [6.45, 7) is 2.91. The highest BCUT2D eigenvalue weighted by molar-refractivity contribution is 7.80. The molecular formula is C19H20N6O2S. The Kier molecular flexibility index (Phi) is 7.79. The summed E-state index contributed by atoms with van der Waals surface area (Å²) in [5.41, 5.74) is 8.42. The number of nitrogens with zero attached hydrogens (tertiary/aromatic N) is 2. The monoisotopic (exact) mass is 396 g/mol. The minimum Gasteiger partial charge on any atom is -0.326 e. The molecule has 0 unspecified atom stereocenters. The van der Waals surface area contributed by atoms with Crippen LogP contribution in [0.4, 0.5) is 11.4 Å². The first kappa shape index (κ1) is 20.7. The standard InChI is InChI=1S/C19H20N6O2S/c1-13(26)22-17-7-3-15(4-8-17)11-20-24-19(28)25-21-12-16-5-9-18(10-6-16)23-14(2)27/h3-12H,1-2H3,(H,22,26)(H,23,27)(H2,24,25,28). The number of thiocarbonyl (C=S) groups is 1. The topological polar surface area (TPSA) is 107 Å². The summed E-state index contributed by atoms with van der Waals surface area (Å²) in [5.74, 6) is -0.243. The predicted molar refractivity (Wildman–Crippen MR) is 116 cm³/mol. The summed E-state index contributed by atoms with van der Waals surface area (Å²) in [7, 11) is 0. The molecule has 2 aromatic rings. The summed E-state index contributed by atoms with van der Waals surface area (Å²) in [4.78, 5) is 22.0. The summed E-state index contributed by atoms with van der Waals surface area (Å²) in [5, 5.41) is 13.6. The third-order valence-electron chi connectivity index (χ3n) is 3.22. The molecule has 0 saturated carbocycles. The molecule has 0 heterocycles.